The van der Waals surface area contributed by atoms with Crippen LogP contribution in [0.25, 0.3) is 0 Å². The third-order valence-corrected chi connectivity index (χ3v) is 17.4. The molecule has 0 aromatic carbocycles. The maximum atomic E-state index is 13.4. The highest BCUT2D eigenvalue weighted by Crippen LogP contribution is 2.68. The van der Waals surface area contributed by atoms with Crippen molar-refractivity contribution in [3.8, 4) is 0 Å². The number of fused-ring (bicyclic) bond motifs is 10. The van der Waals surface area contributed by atoms with Crippen molar-refractivity contribution >= 4 is 17.7 Å². The van der Waals surface area contributed by atoms with E-state index in [0.29, 0.717) is 59.5 Å². The lowest BCUT2D eigenvalue weighted by Gasteiger charge is -2.60. The first-order valence-electron chi connectivity index (χ1n) is 20.2. The second-order valence-corrected chi connectivity index (χ2v) is 19.6. The molecular formula is C44H62O5. The normalized spacial score (nSPS) is 50.0. The number of allylic oxidation sites excluding steroid dienone is 4. The lowest BCUT2D eigenvalue weighted by molar-refractivity contribution is -0.172. The van der Waals surface area contributed by atoms with Crippen LogP contribution in [0.5, 0.6) is 0 Å². The van der Waals surface area contributed by atoms with Crippen molar-refractivity contribution in [2.45, 2.75) is 150 Å². The molecule has 6 saturated carbocycles. The van der Waals surface area contributed by atoms with E-state index < -0.39 is 11.9 Å². The topological polar surface area (TPSA) is 69.7 Å². The van der Waals surface area contributed by atoms with E-state index in [1.54, 1.807) is 5.57 Å². The molecule has 0 N–H and O–H groups in total. The van der Waals surface area contributed by atoms with E-state index in [4.69, 9.17) is 9.47 Å². The number of hydrogen-bond acceptors (Lipinski definition) is 5. The minimum Gasteiger partial charge on any atom is -0.461 e. The Hall–Kier alpha value is -2.17. The van der Waals surface area contributed by atoms with Gasteiger partial charge in [-0.3, -0.25) is 14.4 Å². The average molecular weight is 671 g/mol. The molecule has 0 aliphatic heterocycles. The first kappa shape index (κ1) is 33.9. The molecule has 0 bridgehead atoms. The molecule has 6 unspecified atom stereocenters. The zero-order chi connectivity index (χ0) is 34.7. The summed E-state index contributed by atoms with van der Waals surface area (Å²) in [4.78, 5) is 39.2. The summed E-state index contributed by atoms with van der Waals surface area (Å²) in [5, 5.41) is 0. The van der Waals surface area contributed by atoms with Crippen LogP contribution in [0.2, 0.25) is 0 Å². The molecule has 268 valence electrons. The summed E-state index contributed by atoms with van der Waals surface area (Å²) in [6.07, 6.45) is 18.4. The van der Waals surface area contributed by atoms with Gasteiger partial charge >= 0.3 is 11.9 Å². The first-order chi connectivity index (χ1) is 23.2. The molecule has 0 aromatic rings. The molecule has 0 amide bonds. The Labute approximate surface area is 295 Å². The molecular weight excluding hydrogens is 608 g/mol. The number of ketones is 1. The smallest absolute Gasteiger partial charge is 0.317 e. The third kappa shape index (κ3) is 5.07. The van der Waals surface area contributed by atoms with E-state index in [9.17, 15) is 14.4 Å². The molecule has 0 spiro atoms. The summed E-state index contributed by atoms with van der Waals surface area (Å²) >= 11 is 0. The van der Waals surface area contributed by atoms with Crippen molar-refractivity contribution in [1.29, 1.82) is 0 Å². The number of rotatable bonds is 4. The van der Waals surface area contributed by atoms with Gasteiger partial charge in [-0.2, -0.15) is 0 Å². The number of ether oxygens (including phenoxy) is 2. The largest absolute Gasteiger partial charge is 0.461 e. The summed E-state index contributed by atoms with van der Waals surface area (Å²) in [5.41, 5.74) is 4.63. The van der Waals surface area contributed by atoms with Crippen LogP contribution in [-0.4, -0.2) is 29.9 Å². The molecule has 6 fully saturated rings. The van der Waals surface area contributed by atoms with Gasteiger partial charge in [-0.15, -0.1) is 0 Å². The second-order valence-electron chi connectivity index (χ2n) is 19.6. The predicted molar refractivity (Wildman–Crippen MR) is 191 cm³/mol. The van der Waals surface area contributed by atoms with E-state index in [0.717, 1.165) is 64.2 Å². The maximum Gasteiger partial charge on any atom is 0.317 e. The van der Waals surface area contributed by atoms with Crippen molar-refractivity contribution in [3.63, 3.8) is 0 Å². The van der Waals surface area contributed by atoms with Crippen molar-refractivity contribution in [2.24, 2.45) is 69.0 Å². The highest BCUT2D eigenvalue weighted by Gasteiger charge is 2.63. The standard InChI is InChI=1S/C44H62O5/c1-25-12-16-41(4)28(20-25)21-26(2)39-31-8-10-35(43(31,6)18-14-33(39)41)48-37(46)24-38(47)49-36-11-9-32-40-27(3)22-29-23-30(45)13-17-42(29,5)34(40)15-19-44(32,36)7/h20,23,26-27,31-36,39-40H,1,8-19,21-22,24H2,2-7H3/t26-,27-,31?,32?,33?,34?,35+,36+,39?,40?,41+,42+,43+,44+/m1/s1. The third-order valence-electron chi connectivity index (χ3n) is 17.4. The van der Waals surface area contributed by atoms with Gasteiger partial charge in [0.05, 0.1) is 0 Å². The summed E-state index contributed by atoms with van der Waals surface area (Å²) in [5.74, 6) is 4.23. The van der Waals surface area contributed by atoms with Crippen LogP contribution in [0.1, 0.15) is 138 Å². The van der Waals surface area contributed by atoms with Crippen LogP contribution in [0.4, 0.5) is 0 Å². The first-order valence-corrected chi connectivity index (χ1v) is 20.2. The van der Waals surface area contributed by atoms with Gasteiger partial charge in [0.25, 0.3) is 0 Å². The maximum absolute atomic E-state index is 13.4. The highest BCUT2D eigenvalue weighted by molar-refractivity contribution is 5.92. The Kier molecular flexibility index (Phi) is 8.09. The van der Waals surface area contributed by atoms with E-state index in [1.807, 2.05) is 6.08 Å². The van der Waals surface area contributed by atoms with E-state index in [2.05, 4.69) is 54.2 Å². The van der Waals surface area contributed by atoms with Gasteiger partial charge in [0.15, 0.2) is 5.78 Å². The van der Waals surface area contributed by atoms with Crippen molar-refractivity contribution < 1.29 is 23.9 Å². The Bertz CT molecular complexity index is 1390. The van der Waals surface area contributed by atoms with E-state index in [-0.39, 0.29) is 40.3 Å². The Balaban J connectivity index is 0.899. The molecule has 49 heavy (non-hydrogen) atoms. The molecule has 0 saturated heterocycles. The van der Waals surface area contributed by atoms with E-state index >= 15 is 0 Å². The van der Waals surface area contributed by atoms with Gasteiger partial charge in [-0.05, 0) is 148 Å². The number of carbonyl (C=O) groups excluding carboxylic acids is 3. The quantitative estimate of drug-likeness (QED) is 0.220. The Morgan fingerprint density at radius 1 is 0.673 bits per heavy atom. The number of carbonyl (C=O) groups is 3. The number of hydrogen-bond donors (Lipinski definition) is 0. The minimum atomic E-state index is -0.408. The SMILES string of the molecule is C=C1C=C2C[C@@H](C)C3C(CC[C@@]4(C)C3CC[C@@H]4OC(=O)CC(=O)O[C@H]3CCC4C5C(CC[C@@]43C)[C@@]3(C)CCC(=O)C=C3C[C@H]5C)[C@@]2(C)CC1. The van der Waals surface area contributed by atoms with Crippen LogP contribution in [0.15, 0.2) is 35.5 Å². The second kappa shape index (κ2) is 11.7. The fourth-order valence-corrected chi connectivity index (χ4v) is 14.7. The van der Waals surface area contributed by atoms with Gasteiger partial charge in [0.1, 0.15) is 18.6 Å². The van der Waals surface area contributed by atoms with Gasteiger partial charge in [-0.25, -0.2) is 0 Å². The van der Waals surface area contributed by atoms with Gasteiger partial charge in [0, 0.05) is 17.3 Å². The average Bonchev–Trinajstić information content (AvgIpc) is 3.54. The molecule has 8 rings (SSSR count). The highest BCUT2D eigenvalue weighted by atomic mass is 16.6. The zero-order valence-electron chi connectivity index (χ0n) is 31.3. The molecule has 0 aromatic heterocycles. The molecule has 0 radical (unpaired) electrons. The molecule has 8 aliphatic rings. The fourth-order valence-electron chi connectivity index (χ4n) is 14.7. The summed E-state index contributed by atoms with van der Waals surface area (Å²) < 4.78 is 12.5. The molecule has 8 aliphatic carbocycles. The molecule has 0 heterocycles. The summed E-state index contributed by atoms with van der Waals surface area (Å²) in [6, 6.07) is 0. The van der Waals surface area contributed by atoms with Gasteiger partial charge < -0.3 is 9.47 Å². The Morgan fingerprint density at radius 2 is 1.14 bits per heavy atom. The summed E-state index contributed by atoms with van der Waals surface area (Å²) in [7, 11) is 0. The molecule has 14 atom stereocenters. The van der Waals surface area contributed by atoms with Gasteiger partial charge in [-0.1, -0.05) is 70.9 Å². The fraction of sp³-hybridized carbons (Fsp3) is 0.795. The molecule has 5 heteroatoms. The summed E-state index contributed by atoms with van der Waals surface area (Å²) in [6.45, 7) is 18.8. The predicted octanol–water partition coefficient (Wildman–Crippen LogP) is 9.74. The van der Waals surface area contributed by atoms with Crippen LogP contribution in [0, 0.1) is 69.0 Å². The zero-order valence-corrected chi connectivity index (χ0v) is 31.3. The van der Waals surface area contributed by atoms with E-state index in [1.165, 1.54) is 30.4 Å². The van der Waals surface area contributed by atoms with Crippen LogP contribution >= 0.6 is 0 Å². The lowest BCUT2D eigenvalue weighted by Crippen LogP contribution is -2.54. The van der Waals surface area contributed by atoms with Crippen molar-refractivity contribution in [2.75, 3.05) is 0 Å². The van der Waals surface area contributed by atoms with Crippen LogP contribution in [0.3, 0.4) is 0 Å². The minimum absolute atomic E-state index is 0.0242. The lowest BCUT2D eigenvalue weighted by atomic mass is 9.45. The van der Waals surface area contributed by atoms with Crippen molar-refractivity contribution in [3.05, 3.63) is 35.5 Å². The molecule has 5 nitrogen and oxygen atoms in total. The van der Waals surface area contributed by atoms with Gasteiger partial charge in [0.2, 0.25) is 0 Å². The van der Waals surface area contributed by atoms with Crippen LogP contribution in [-0.2, 0) is 23.9 Å². The van der Waals surface area contributed by atoms with Crippen LogP contribution < -0.4 is 0 Å². The Morgan fingerprint density at radius 3 is 1.65 bits per heavy atom. The number of esters is 2. The monoisotopic (exact) mass is 670 g/mol. The van der Waals surface area contributed by atoms with Crippen molar-refractivity contribution in [1.82, 2.24) is 0 Å².